The van der Waals surface area contributed by atoms with Crippen LogP contribution >= 0.6 is 0 Å². The SMILES string of the molecule is CC(CCc1ccccc1)NC(=O)N1CCCC1CO. The van der Waals surface area contributed by atoms with Crippen LogP contribution in [0.1, 0.15) is 31.7 Å². The molecule has 0 aromatic heterocycles. The molecule has 1 aliphatic rings. The second-order valence-corrected chi connectivity index (χ2v) is 5.55. The first-order chi connectivity index (χ1) is 9.70. The zero-order valence-electron chi connectivity index (χ0n) is 12.1. The van der Waals surface area contributed by atoms with Crippen LogP contribution in [-0.4, -0.2) is 41.3 Å². The maximum atomic E-state index is 12.1. The second-order valence-electron chi connectivity index (χ2n) is 5.55. The van der Waals surface area contributed by atoms with E-state index in [0.29, 0.717) is 0 Å². The average Bonchev–Trinajstić information content (AvgIpc) is 2.95. The van der Waals surface area contributed by atoms with Crippen LogP contribution in [0.2, 0.25) is 0 Å². The number of carbonyl (C=O) groups is 1. The molecule has 20 heavy (non-hydrogen) atoms. The number of rotatable bonds is 5. The fourth-order valence-electron chi connectivity index (χ4n) is 2.69. The number of nitrogens with zero attached hydrogens (tertiary/aromatic N) is 1. The Balaban J connectivity index is 1.76. The van der Waals surface area contributed by atoms with Crippen molar-refractivity contribution in [3.8, 4) is 0 Å². The number of aliphatic hydroxyl groups is 1. The van der Waals surface area contributed by atoms with Crippen LogP contribution in [0.15, 0.2) is 30.3 Å². The van der Waals surface area contributed by atoms with Crippen LogP contribution < -0.4 is 5.32 Å². The number of likely N-dealkylation sites (tertiary alicyclic amines) is 1. The first-order valence-electron chi connectivity index (χ1n) is 7.42. The number of carbonyl (C=O) groups excluding carboxylic acids is 1. The molecule has 2 N–H and O–H groups in total. The molecule has 1 heterocycles. The largest absolute Gasteiger partial charge is 0.394 e. The van der Waals surface area contributed by atoms with Gasteiger partial charge < -0.3 is 15.3 Å². The van der Waals surface area contributed by atoms with Crippen LogP contribution in [0.4, 0.5) is 4.79 Å². The van der Waals surface area contributed by atoms with Gasteiger partial charge in [-0.2, -0.15) is 0 Å². The van der Waals surface area contributed by atoms with Gasteiger partial charge in [0.05, 0.1) is 12.6 Å². The van der Waals surface area contributed by atoms with E-state index in [4.69, 9.17) is 0 Å². The van der Waals surface area contributed by atoms with Gasteiger partial charge in [-0.05, 0) is 38.2 Å². The van der Waals surface area contributed by atoms with Gasteiger partial charge in [0.15, 0.2) is 0 Å². The van der Waals surface area contributed by atoms with Crippen molar-refractivity contribution in [2.24, 2.45) is 0 Å². The van der Waals surface area contributed by atoms with Gasteiger partial charge in [0.2, 0.25) is 0 Å². The molecule has 2 atom stereocenters. The highest BCUT2D eigenvalue weighted by atomic mass is 16.3. The molecule has 0 spiro atoms. The molecule has 2 rings (SSSR count). The van der Waals surface area contributed by atoms with E-state index in [1.54, 1.807) is 4.90 Å². The molecule has 1 aromatic rings. The summed E-state index contributed by atoms with van der Waals surface area (Å²) in [6.45, 7) is 2.85. The molecule has 0 bridgehead atoms. The molecule has 1 fully saturated rings. The summed E-state index contributed by atoms with van der Waals surface area (Å²) in [6, 6.07) is 10.4. The fourth-order valence-corrected chi connectivity index (χ4v) is 2.69. The Hall–Kier alpha value is -1.55. The van der Waals surface area contributed by atoms with E-state index >= 15 is 0 Å². The first-order valence-corrected chi connectivity index (χ1v) is 7.42. The van der Waals surface area contributed by atoms with E-state index in [0.717, 1.165) is 32.2 Å². The minimum absolute atomic E-state index is 0.00340. The lowest BCUT2D eigenvalue weighted by molar-refractivity contribution is 0.155. The van der Waals surface area contributed by atoms with Crippen molar-refractivity contribution < 1.29 is 9.90 Å². The second kappa shape index (κ2) is 7.29. The molecule has 1 aromatic carbocycles. The Morgan fingerprint density at radius 3 is 2.90 bits per heavy atom. The Kier molecular flexibility index (Phi) is 5.41. The van der Waals surface area contributed by atoms with E-state index in [2.05, 4.69) is 17.4 Å². The van der Waals surface area contributed by atoms with Crippen molar-refractivity contribution in [3.05, 3.63) is 35.9 Å². The van der Waals surface area contributed by atoms with Crippen molar-refractivity contribution in [2.75, 3.05) is 13.2 Å². The average molecular weight is 276 g/mol. The fraction of sp³-hybridized carbons (Fsp3) is 0.562. The summed E-state index contributed by atoms with van der Waals surface area (Å²) in [5.74, 6) is 0. The lowest BCUT2D eigenvalue weighted by atomic mass is 10.1. The monoisotopic (exact) mass is 276 g/mol. The normalized spacial score (nSPS) is 19.9. The van der Waals surface area contributed by atoms with Crippen molar-refractivity contribution in [2.45, 2.75) is 44.7 Å². The number of hydrogen-bond donors (Lipinski definition) is 2. The Morgan fingerprint density at radius 2 is 2.20 bits per heavy atom. The lowest BCUT2D eigenvalue weighted by Crippen LogP contribution is -2.47. The lowest BCUT2D eigenvalue weighted by Gasteiger charge is -2.25. The molecule has 2 unspecified atom stereocenters. The van der Waals surface area contributed by atoms with Gasteiger partial charge in [0, 0.05) is 12.6 Å². The number of amides is 2. The predicted molar refractivity (Wildman–Crippen MR) is 79.6 cm³/mol. The molecule has 4 heteroatoms. The molecule has 0 radical (unpaired) electrons. The zero-order chi connectivity index (χ0) is 14.4. The smallest absolute Gasteiger partial charge is 0.317 e. The van der Waals surface area contributed by atoms with Crippen LogP contribution in [0.25, 0.3) is 0 Å². The van der Waals surface area contributed by atoms with E-state index in [1.807, 2.05) is 25.1 Å². The molecule has 0 saturated carbocycles. The minimum atomic E-state index is -0.0397. The van der Waals surface area contributed by atoms with Crippen molar-refractivity contribution >= 4 is 6.03 Å². The Bertz CT molecular complexity index is 422. The van der Waals surface area contributed by atoms with Crippen LogP contribution in [0.5, 0.6) is 0 Å². The summed E-state index contributed by atoms with van der Waals surface area (Å²) in [6.07, 6.45) is 3.78. The number of aryl methyl sites for hydroxylation is 1. The Morgan fingerprint density at radius 1 is 1.45 bits per heavy atom. The number of hydrogen-bond acceptors (Lipinski definition) is 2. The molecule has 110 valence electrons. The van der Waals surface area contributed by atoms with Crippen molar-refractivity contribution in [1.29, 1.82) is 0 Å². The highest BCUT2D eigenvalue weighted by molar-refractivity contribution is 5.75. The van der Waals surface area contributed by atoms with Crippen molar-refractivity contribution in [3.63, 3.8) is 0 Å². The third-order valence-electron chi connectivity index (χ3n) is 3.93. The Labute approximate surface area is 120 Å². The molecule has 0 aliphatic carbocycles. The molecular weight excluding hydrogens is 252 g/mol. The highest BCUT2D eigenvalue weighted by Gasteiger charge is 2.28. The zero-order valence-corrected chi connectivity index (χ0v) is 12.1. The van der Waals surface area contributed by atoms with E-state index in [-0.39, 0.29) is 24.7 Å². The summed E-state index contributed by atoms with van der Waals surface area (Å²) in [4.78, 5) is 13.9. The van der Waals surface area contributed by atoms with Gasteiger partial charge in [-0.25, -0.2) is 4.79 Å². The van der Waals surface area contributed by atoms with Gasteiger partial charge in [0.1, 0.15) is 0 Å². The number of urea groups is 1. The number of benzene rings is 1. The molecule has 1 saturated heterocycles. The highest BCUT2D eigenvalue weighted by Crippen LogP contribution is 2.16. The summed E-state index contributed by atoms with van der Waals surface area (Å²) < 4.78 is 0. The quantitative estimate of drug-likeness (QED) is 0.866. The maximum Gasteiger partial charge on any atom is 0.317 e. The predicted octanol–water partition coefficient (Wildman–Crippen LogP) is 2.17. The van der Waals surface area contributed by atoms with Gasteiger partial charge in [-0.3, -0.25) is 0 Å². The first kappa shape index (κ1) is 14.9. The van der Waals surface area contributed by atoms with E-state index in [1.165, 1.54) is 5.56 Å². The van der Waals surface area contributed by atoms with Gasteiger partial charge in [0.25, 0.3) is 0 Å². The van der Waals surface area contributed by atoms with Gasteiger partial charge in [-0.15, -0.1) is 0 Å². The summed E-state index contributed by atoms with van der Waals surface area (Å²) in [7, 11) is 0. The molecular formula is C16H24N2O2. The topological polar surface area (TPSA) is 52.6 Å². The van der Waals surface area contributed by atoms with Gasteiger partial charge in [-0.1, -0.05) is 30.3 Å². The van der Waals surface area contributed by atoms with Gasteiger partial charge >= 0.3 is 6.03 Å². The third-order valence-corrected chi connectivity index (χ3v) is 3.93. The van der Waals surface area contributed by atoms with Crippen LogP contribution in [0.3, 0.4) is 0 Å². The van der Waals surface area contributed by atoms with Crippen molar-refractivity contribution in [1.82, 2.24) is 10.2 Å². The standard InChI is InChI=1S/C16H24N2O2/c1-13(9-10-14-6-3-2-4-7-14)17-16(20)18-11-5-8-15(18)12-19/h2-4,6-7,13,15,19H,5,8-12H2,1H3,(H,17,20). The van der Waals surface area contributed by atoms with Crippen LogP contribution in [-0.2, 0) is 6.42 Å². The summed E-state index contributed by atoms with van der Waals surface area (Å²) in [5, 5.41) is 12.3. The summed E-state index contributed by atoms with van der Waals surface area (Å²) >= 11 is 0. The van der Waals surface area contributed by atoms with Crippen LogP contribution in [0, 0.1) is 0 Å². The maximum absolute atomic E-state index is 12.1. The summed E-state index contributed by atoms with van der Waals surface area (Å²) in [5.41, 5.74) is 1.29. The number of nitrogens with one attached hydrogen (secondary N) is 1. The third kappa shape index (κ3) is 3.97. The minimum Gasteiger partial charge on any atom is -0.394 e. The number of aliphatic hydroxyl groups excluding tert-OH is 1. The molecule has 4 nitrogen and oxygen atoms in total. The van der Waals surface area contributed by atoms with E-state index < -0.39 is 0 Å². The molecule has 1 aliphatic heterocycles. The molecule has 2 amide bonds. The van der Waals surface area contributed by atoms with E-state index in [9.17, 15) is 9.90 Å².